The average molecular weight is 324 g/mol. The lowest BCUT2D eigenvalue weighted by molar-refractivity contribution is 0.426. The minimum absolute atomic E-state index is 0.126. The topological polar surface area (TPSA) is 25.2 Å². The molecule has 1 aliphatic rings. The summed E-state index contributed by atoms with van der Waals surface area (Å²) in [5.74, 6) is 1.93. The Hall–Kier alpha value is -0.770. The quantitative estimate of drug-likeness (QED) is 0.667. The molecule has 1 unspecified atom stereocenters. The van der Waals surface area contributed by atoms with Crippen LogP contribution in [-0.2, 0) is 0 Å². The first-order chi connectivity index (χ1) is 10.3. The molecular weight excluding hydrogens is 302 g/mol. The molecule has 1 N–H and O–H groups in total. The Labute approximate surface area is 135 Å². The Balaban J connectivity index is 1.55. The third-order valence-corrected chi connectivity index (χ3v) is 5.61. The van der Waals surface area contributed by atoms with Crippen LogP contribution in [0.5, 0.6) is 0 Å². The molecule has 2 aromatic heterocycles. The molecule has 0 radical (unpaired) electrons. The van der Waals surface area contributed by atoms with Gasteiger partial charge in [0.1, 0.15) is 11.8 Å². The summed E-state index contributed by atoms with van der Waals surface area (Å²) in [7, 11) is 0. The monoisotopic (exact) mass is 323 g/mol. The summed E-state index contributed by atoms with van der Waals surface area (Å²) in [6, 6.07) is 8.14. The van der Waals surface area contributed by atoms with E-state index in [0.717, 1.165) is 22.6 Å². The van der Waals surface area contributed by atoms with Crippen molar-refractivity contribution in [1.29, 1.82) is 0 Å². The lowest BCUT2D eigenvalue weighted by Gasteiger charge is -2.16. The minimum Gasteiger partial charge on any atom is -0.467 e. The van der Waals surface area contributed by atoms with Gasteiger partial charge in [0, 0.05) is 4.88 Å². The largest absolute Gasteiger partial charge is 0.467 e. The first-order valence-electron chi connectivity index (χ1n) is 7.85. The number of halogens is 1. The molecule has 0 amide bonds. The van der Waals surface area contributed by atoms with E-state index >= 15 is 0 Å². The lowest BCUT2D eigenvalue weighted by atomic mass is 10.0. The molecule has 4 heteroatoms. The van der Waals surface area contributed by atoms with Crippen molar-refractivity contribution in [2.24, 2.45) is 5.92 Å². The smallest absolute Gasteiger partial charge is 0.126 e. The van der Waals surface area contributed by atoms with Crippen LogP contribution in [0.15, 0.2) is 34.9 Å². The minimum atomic E-state index is 0.126. The Morgan fingerprint density at radius 3 is 2.81 bits per heavy atom. The summed E-state index contributed by atoms with van der Waals surface area (Å²) in [5, 5.41) is 3.63. The fraction of sp³-hybridized carbons (Fsp3) is 0.529. The van der Waals surface area contributed by atoms with E-state index in [2.05, 4.69) is 11.4 Å². The predicted octanol–water partition coefficient (Wildman–Crippen LogP) is 5.64. The zero-order valence-corrected chi connectivity index (χ0v) is 13.8. The zero-order valence-electron chi connectivity index (χ0n) is 12.2. The number of rotatable bonds is 7. The van der Waals surface area contributed by atoms with Crippen LogP contribution in [0, 0.1) is 5.92 Å². The van der Waals surface area contributed by atoms with E-state index in [-0.39, 0.29) is 6.04 Å². The molecule has 0 aliphatic heterocycles. The summed E-state index contributed by atoms with van der Waals surface area (Å²) < 4.78 is 6.42. The average Bonchev–Trinajstić information content (AvgIpc) is 3.20. The highest BCUT2D eigenvalue weighted by Crippen LogP contribution is 2.32. The highest BCUT2D eigenvalue weighted by atomic mass is 35.5. The van der Waals surface area contributed by atoms with Crippen molar-refractivity contribution >= 4 is 22.9 Å². The zero-order chi connectivity index (χ0) is 14.5. The first kappa shape index (κ1) is 15.1. The van der Waals surface area contributed by atoms with Crippen LogP contribution < -0.4 is 5.32 Å². The second-order valence-electron chi connectivity index (χ2n) is 5.84. The maximum absolute atomic E-state index is 6.07. The molecule has 1 atom stereocenters. The van der Waals surface area contributed by atoms with Gasteiger partial charge in [0.25, 0.3) is 0 Å². The van der Waals surface area contributed by atoms with Gasteiger partial charge in [-0.05, 0) is 49.6 Å². The van der Waals surface area contributed by atoms with Crippen molar-refractivity contribution in [3.8, 4) is 0 Å². The van der Waals surface area contributed by atoms with Gasteiger partial charge < -0.3 is 9.73 Å². The normalized spacial score (nSPS) is 17.4. The molecule has 1 fully saturated rings. The molecule has 1 aliphatic carbocycles. The van der Waals surface area contributed by atoms with E-state index in [9.17, 15) is 0 Å². The molecule has 2 heterocycles. The first-order valence-corrected chi connectivity index (χ1v) is 9.04. The lowest BCUT2D eigenvalue weighted by Crippen LogP contribution is -2.22. The fourth-order valence-corrected chi connectivity index (χ4v) is 4.36. The van der Waals surface area contributed by atoms with Gasteiger partial charge in [0.2, 0.25) is 0 Å². The van der Waals surface area contributed by atoms with Gasteiger partial charge in [-0.25, -0.2) is 0 Å². The Morgan fingerprint density at radius 2 is 2.14 bits per heavy atom. The van der Waals surface area contributed by atoms with Crippen molar-refractivity contribution in [3.63, 3.8) is 0 Å². The maximum Gasteiger partial charge on any atom is 0.126 e. The van der Waals surface area contributed by atoms with Crippen molar-refractivity contribution in [2.45, 2.75) is 44.6 Å². The summed E-state index contributed by atoms with van der Waals surface area (Å²) in [6.45, 7) is 1.03. The molecule has 0 aromatic carbocycles. The van der Waals surface area contributed by atoms with E-state index < -0.39 is 0 Å². The van der Waals surface area contributed by atoms with Crippen LogP contribution in [0.2, 0.25) is 4.34 Å². The number of furan rings is 1. The molecular formula is C17H22ClNOS. The molecule has 2 nitrogen and oxygen atoms in total. The van der Waals surface area contributed by atoms with Crippen LogP contribution in [0.4, 0.5) is 0 Å². The number of thiophene rings is 1. The van der Waals surface area contributed by atoms with E-state index in [1.165, 1.54) is 43.4 Å². The third-order valence-electron chi connectivity index (χ3n) is 4.32. The van der Waals surface area contributed by atoms with Crippen LogP contribution in [0.25, 0.3) is 0 Å². The van der Waals surface area contributed by atoms with Crippen molar-refractivity contribution in [2.75, 3.05) is 6.54 Å². The second kappa shape index (κ2) is 7.48. The van der Waals surface area contributed by atoms with Crippen molar-refractivity contribution in [3.05, 3.63) is 45.5 Å². The number of nitrogens with one attached hydrogen (secondary N) is 1. The van der Waals surface area contributed by atoms with Gasteiger partial charge in [0.05, 0.1) is 10.6 Å². The predicted molar refractivity (Wildman–Crippen MR) is 89.1 cm³/mol. The molecule has 0 saturated heterocycles. The summed E-state index contributed by atoms with van der Waals surface area (Å²) in [5.41, 5.74) is 0. The number of hydrogen-bond donors (Lipinski definition) is 1. The van der Waals surface area contributed by atoms with Crippen LogP contribution in [0.3, 0.4) is 0 Å². The standard InChI is InChI=1S/C17H22ClNOS/c18-16-10-9-15(21-16)17(14-8-4-12-20-14)19-11-3-7-13-5-1-2-6-13/h4,8-10,12-13,17,19H,1-3,5-7,11H2. The Bertz CT molecular complexity index is 531. The second-order valence-corrected chi connectivity index (χ2v) is 7.58. The van der Waals surface area contributed by atoms with Gasteiger partial charge in [-0.2, -0.15) is 0 Å². The Kier molecular flexibility index (Phi) is 5.39. The Morgan fingerprint density at radius 1 is 1.29 bits per heavy atom. The summed E-state index contributed by atoms with van der Waals surface area (Å²) in [4.78, 5) is 1.22. The summed E-state index contributed by atoms with van der Waals surface area (Å²) >= 11 is 7.69. The third kappa shape index (κ3) is 4.12. The number of hydrogen-bond acceptors (Lipinski definition) is 3. The van der Waals surface area contributed by atoms with E-state index in [4.69, 9.17) is 16.0 Å². The van der Waals surface area contributed by atoms with Gasteiger partial charge in [-0.3, -0.25) is 0 Å². The van der Waals surface area contributed by atoms with Gasteiger partial charge in [-0.15, -0.1) is 11.3 Å². The maximum atomic E-state index is 6.07. The van der Waals surface area contributed by atoms with Gasteiger partial charge in [-0.1, -0.05) is 37.3 Å². The van der Waals surface area contributed by atoms with Crippen LogP contribution in [-0.4, -0.2) is 6.54 Å². The molecule has 0 spiro atoms. The van der Waals surface area contributed by atoms with Gasteiger partial charge >= 0.3 is 0 Å². The molecule has 21 heavy (non-hydrogen) atoms. The molecule has 2 aromatic rings. The fourth-order valence-electron chi connectivity index (χ4n) is 3.22. The molecule has 114 valence electrons. The van der Waals surface area contributed by atoms with Crippen LogP contribution in [0.1, 0.15) is 55.2 Å². The van der Waals surface area contributed by atoms with Crippen molar-refractivity contribution in [1.82, 2.24) is 5.32 Å². The molecule has 0 bridgehead atoms. The molecule has 1 saturated carbocycles. The SMILES string of the molecule is Clc1ccc(C(NCCCC2CCCC2)c2ccco2)s1. The highest BCUT2D eigenvalue weighted by molar-refractivity contribution is 7.16. The van der Waals surface area contributed by atoms with Gasteiger partial charge in [0.15, 0.2) is 0 Å². The van der Waals surface area contributed by atoms with E-state index in [1.807, 2.05) is 18.2 Å². The van der Waals surface area contributed by atoms with Crippen LogP contribution >= 0.6 is 22.9 Å². The molecule has 3 rings (SSSR count). The van der Waals surface area contributed by atoms with E-state index in [1.54, 1.807) is 17.6 Å². The van der Waals surface area contributed by atoms with Crippen molar-refractivity contribution < 1.29 is 4.42 Å². The van der Waals surface area contributed by atoms with E-state index in [0.29, 0.717) is 0 Å². The highest BCUT2D eigenvalue weighted by Gasteiger charge is 2.19. The summed E-state index contributed by atoms with van der Waals surface area (Å²) in [6.07, 6.45) is 10.0.